The molecule has 0 aliphatic rings. The predicted octanol–water partition coefficient (Wildman–Crippen LogP) is 4.84. The van der Waals surface area contributed by atoms with E-state index in [1.54, 1.807) is 24.3 Å². The molecule has 0 fully saturated rings. The van der Waals surface area contributed by atoms with Gasteiger partial charge >= 0.3 is 6.18 Å². The van der Waals surface area contributed by atoms with Crippen LogP contribution < -0.4 is 5.32 Å². The van der Waals surface area contributed by atoms with Crippen molar-refractivity contribution in [2.24, 2.45) is 0 Å². The van der Waals surface area contributed by atoms with Crippen molar-refractivity contribution in [3.8, 4) is 6.07 Å². The van der Waals surface area contributed by atoms with Gasteiger partial charge in [-0.1, -0.05) is 23.7 Å². The van der Waals surface area contributed by atoms with Gasteiger partial charge in [-0.05, 0) is 35.9 Å². The number of halogens is 4. The van der Waals surface area contributed by atoms with E-state index in [4.69, 9.17) is 16.9 Å². The smallest absolute Gasteiger partial charge is 0.380 e. The number of hydrogen-bond donors (Lipinski definition) is 1. The van der Waals surface area contributed by atoms with Crippen LogP contribution in [0.3, 0.4) is 0 Å². The van der Waals surface area contributed by atoms with Crippen LogP contribution in [0.25, 0.3) is 0 Å². The van der Waals surface area contributed by atoms with Crippen LogP contribution in [0, 0.1) is 11.3 Å². The lowest BCUT2D eigenvalue weighted by Crippen LogP contribution is -2.06. The molecule has 0 aliphatic carbocycles. The molecule has 0 unspecified atom stereocenters. The Kier molecular flexibility index (Phi) is 4.39. The quantitative estimate of drug-likeness (QED) is 0.880. The predicted molar refractivity (Wildman–Crippen MR) is 74.9 cm³/mol. The molecule has 1 N–H and O–H groups in total. The third kappa shape index (κ3) is 3.89. The van der Waals surface area contributed by atoms with E-state index in [1.165, 1.54) is 6.07 Å². The van der Waals surface area contributed by atoms with E-state index in [2.05, 4.69) is 5.32 Å². The van der Waals surface area contributed by atoms with E-state index in [0.29, 0.717) is 17.8 Å². The van der Waals surface area contributed by atoms with Crippen LogP contribution in [0.1, 0.15) is 16.7 Å². The van der Waals surface area contributed by atoms with Crippen molar-refractivity contribution in [2.45, 2.75) is 12.7 Å². The highest BCUT2D eigenvalue weighted by Gasteiger charge is 2.30. The van der Waals surface area contributed by atoms with Crippen molar-refractivity contribution >= 4 is 17.3 Å². The number of hydrogen-bond acceptors (Lipinski definition) is 2. The maximum absolute atomic E-state index is 12.5. The van der Waals surface area contributed by atoms with Crippen LogP contribution in [0.4, 0.5) is 18.9 Å². The van der Waals surface area contributed by atoms with Crippen molar-refractivity contribution in [1.29, 1.82) is 5.26 Å². The Hall–Kier alpha value is -2.19. The fourth-order valence-electron chi connectivity index (χ4n) is 1.73. The Morgan fingerprint density at radius 3 is 2.29 bits per heavy atom. The SMILES string of the molecule is N#Cc1ccc(CNc2ccc(C(F)(F)F)cc2Cl)cc1. The second-order valence-electron chi connectivity index (χ2n) is 4.35. The minimum absolute atomic E-state index is 0.0125. The van der Waals surface area contributed by atoms with Crippen molar-refractivity contribution in [3.05, 3.63) is 64.2 Å². The summed E-state index contributed by atoms with van der Waals surface area (Å²) in [7, 11) is 0. The summed E-state index contributed by atoms with van der Waals surface area (Å²) >= 11 is 5.84. The number of alkyl halides is 3. The van der Waals surface area contributed by atoms with E-state index in [1.807, 2.05) is 6.07 Å². The summed E-state index contributed by atoms with van der Waals surface area (Å²) in [6.07, 6.45) is -4.41. The highest BCUT2D eigenvalue weighted by Crippen LogP contribution is 2.33. The third-order valence-corrected chi connectivity index (χ3v) is 3.18. The van der Waals surface area contributed by atoms with Crippen LogP contribution >= 0.6 is 11.6 Å². The average molecular weight is 311 g/mol. The Bertz CT molecular complexity index is 673. The van der Waals surface area contributed by atoms with E-state index >= 15 is 0 Å². The molecule has 2 nitrogen and oxygen atoms in total. The second-order valence-corrected chi connectivity index (χ2v) is 4.76. The van der Waals surface area contributed by atoms with Crippen LogP contribution in [0.15, 0.2) is 42.5 Å². The summed E-state index contributed by atoms with van der Waals surface area (Å²) in [6, 6.07) is 12.1. The van der Waals surface area contributed by atoms with Crippen LogP contribution in [-0.4, -0.2) is 0 Å². The molecule has 2 rings (SSSR count). The van der Waals surface area contributed by atoms with Gasteiger partial charge in [0.15, 0.2) is 0 Å². The highest BCUT2D eigenvalue weighted by molar-refractivity contribution is 6.33. The molecule has 2 aromatic carbocycles. The largest absolute Gasteiger partial charge is 0.416 e. The first-order valence-electron chi connectivity index (χ1n) is 6.00. The molecule has 0 amide bonds. The van der Waals surface area contributed by atoms with Gasteiger partial charge in [0.25, 0.3) is 0 Å². The number of nitrogens with one attached hydrogen (secondary N) is 1. The summed E-state index contributed by atoms with van der Waals surface area (Å²) in [5, 5.41) is 11.7. The third-order valence-electron chi connectivity index (χ3n) is 2.86. The molecule has 0 spiro atoms. The molecule has 0 aromatic heterocycles. The summed E-state index contributed by atoms with van der Waals surface area (Å²) in [4.78, 5) is 0. The first-order valence-corrected chi connectivity index (χ1v) is 6.37. The monoisotopic (exact) mass is 310 g/mol. The Balaban J connectivity index is 2.08. The van der Waals surface area contributed by atoms with Gasteiger partial charge in [0.2, 0.25) is 0 Å². The molecule has 21 heavy (non-hydrogen) atoms. The minimum atomic E-state index is -4.41. The Labute approximate surface area is 124 Å². The molecule has 6 heteroatoms. The number of nitriles is 1. The number of rotatable bonds is 3. The summed E-state index contributed by atoms with van der Waals surface area (Å²) in [5.74, 6) is 0. The van der Waals surface area contributed by atoms with Gasteiger partial charge in [0, 0.05) is 6.54 Å². The van der Waals surface area contributed by atoms with Gasteiger partial charge < -0.3 is 5.32 Å². The standard InChI is InChI=1S/C15H10ClF3N2/c16-13-7-12(15(17,18)19)5-6-14(13)21-9-11-3-1-10(8-20)2-4-11/h1-7,21H,9H2. The lowest BCUT2D eigenvalue weighted by molar-refractivity contribution is -0.137. The lowest BCUT2D eigenvalue weighted by atomic mass is 10.1. The van der Waals surface area contributed by atoms with Crippen molar-refractivity contribution in [2.75, 3.05) is 5.32 Å². The van der Waals surface area contributed by atoms with E-state index in [9.17, 15) is 13.2 Å². The van der Waals surface area contributed by atoms with Gasteiger partial charge in [-0.2, -0.15) is 18.4 Å². The molecule has 0 bridgehead atoms. The zero-order valence-electron chi connectivity index (χ0n) is 10.7. The summed E-state index contributed by atoms with van der Waals surface area (Å²) in [5.41, 5.74) is 1.08. The van der Waals surface area contributed by atoms with Crippen LogP contribution in [0.2, 0.25) is 5.02 Å². The van der Waals surface area contributed by atoms with Crippen molar-refractivity contribution in [1.82, 2.24) is 0 Å². The molecule has 0 saturated heterocycles. The van der Waals surface area contributed by atoms with Gasteiger partial charge in [0.05, 0.1) is 27.9 Å². The summed E-state index contributed by atoms with van der Waals surface area (Å²) < 4.78 is 37.5. The first-order chi connectivity index (χ1) is 9.90. The van der Waals surface area contributed by atoms with Crippen LogP contribution in [0.5, 0.6) is 0 Å². The molecule has 0 heterocycles. The Morgan fingerprint density at radius 2 is 1.76 bits per heavy atom. The van der Waals surface area contributed by atoms with Gasteiger partial charge in [-0.15, -0.1) is 0 Å². The maximum atomic E-state index is 12.5. The molecule has 0 radical (unpaired) electrons. The normalized spacial score (nSPS) is 11.0. The average Bonchev–Trinajstić information content (AvgIpc) is 2.45. The second kappa shape index (κ2) is 6.06. The molecular weight excluding hydrogens is 301 g/mol. The van der Waals surface area contributed by atoms with Crippen molar-refractivity contribution < 1.29 is 13.2 Å². The lowest BCUT2D eigenvalue weighted by Gasteiger charge is -2.12. The topological polar surface area (TPSA) is 35.8 Å². The molecular formula is C15H10ClF3N2. The van der Waals surface area contributed by atoms with E-state index in [0.717, 1.165) is 17.7 Å². The molecule has 0 atom stereocenters. The number of benzene rings is 2. The van der Waals surface area contributed by atoms with Crippen molar-refractivity contribution in [3.63, 3.8) is 0 Å². The molecule has 108 valence electrons. The number of anilines is 1. The van der Waals surface area contributed by atoms with E-state index < -0.39 is 11.7 Å². The van der Waals surface area contributed by atoms with Gasteiger partial charge in [-0.3, -0.25) is 0 Å². The zero-order chi connectivity index (χ0) is 15.5. The van der Waals surface area contributed by atoms with Gasteiger partial charge in [0.1, 0.15) is 0 Å². The Morgan fingerprint density at radius 1 is 1.10 bits per heavy atom. The molecule has 2 aromatic rings. The zero-order valence-corrected chi connectivity index (χ0v) is 11.5. The molecule has 0 aliphatic heterocycles. The van der Waals surface area contributed by atoms with E-state index in [-0.39, 0.29) is 5.02 Å². The fraction of sp³-hybridized carbons (Fsp3) is 0.133. The number of nitrogens with zero attached hydrogens (tertiary/aromatic N) is 1. The van der Waals surface area contributed by atoms with Crippen LogP contribution in [-0.2, 0) is 12.7 Å². The summed E-state index contributed by atoms with van der Waals surface area (Å²) in [6.45, 7) is 0.400. The molecule has 0 saturated carbocycles. The first kappa shape index (κ1) is 15.2. The maximum Gasteiger partial charge on any atom is 0.416 e. The van der Waals surface area contributed by atoms with Gasteiger partial charge in [-0.25, -0.2) is 0 Å². The minimum Gasteiger partial charge on any atom is -0.380 e. The fourth-order valence-corrected chi connectivity index (χ4v) is 1.98. The highest BCUT2D eigenvalue weighted by atomic mass is 35.5.